The van der Waals surface area contributed by atoms with E-state index in [9.17, 15) is 33.1 Å². The lowest BCUT2D eigenvalue weighted by Gasteiger charge is -2.30. The molecule has 1 saturated carbocycles. The molecule has 0 atom stereocenters. The molecular weight excluding hydrogens is 582 g/mol. The van der Waals surface area contributed by atoms with Gasteiger partial charge in [0.05, 0.1) is 17.4 Å². The molecule has 1 aliphatic carbocycles. The minimum Gasteiger partial charge on any atom is -0.507 e. The van der Waals surface area contributed by atoms with Gasteiger partial charge in [-0.2, -0.15) is 18.4 Å². The van der Waals surface area contributed by atoms with Gasteiger partial charge in [0.2, 0.25) is 5.91 Å². The van der Waals surface area contributed by atoms with E-state index in [0.717, 1.165) is 31.0 Å². The minimum atomic E-state index is -4.69. The van der Waals surface area contributed by atoms with Crippen LogP contribution in [0.5, 0.6) is 5.75 Å². The number of pyridine rings is 1. The number of nitrogens with one attached hydrogen (secondary N) is 1. The molecule has 0 bridgehead atoms. The molecule has 1 aromatic heterocycles. The highest BCUT2D eigenvalue weighted by Gasteiger charge is 2.32. The number of carbonyl (C=O) groups is 1. The first-order valence-electron chi connectivity index (χ1n) is 12.7. The SMILES string of the molecule is COC1CCC(C(=O)N(C)Cc2cc(Cl)cc(-c3cc(-c4cc(C(F)(F)F)ccc4Cl)c(C#N)c(=O)[nH]3)c2O)CC1. The third kappa shape index (κ3) is 6.53. The van der Waals surface area contributed by atoms with E-state index >= 15 is 0 Å². The Labute approximate surface area is 244 Å². The van der Waals surface area contributed by atoms with Crippen molar-refractivity contribution < 1.29 is 27.8 Å². The van der Waals surface area contributed by atoms with E-state index < -0.39 is 22.9 Å². The van der Waals surface area contributed by atoms with Gasteiger partial charge < -0.3 is 19.7 Å². The standard InChI is InChI=1S/C29H26Cl2F3N3O4/c1-37(28(40)15-3-6-19(41-2)7-4-15)14-16-9-18(30)11-22(26(16)38)25-12-20(23(13-35)27(39)36-25)21-10-17(29(32,33)34)5-8-24(21)31/h5,8-12,15,19,38H,3-4,6-7,14H2,1-2H3,(H,36,39). The summed E-state index contributed by atoms with van der Waals surface area (Å²) in [5.41, 5.74) is -2.36. The van der Waals surface area contributed by atoms with Crippen molar-refractivity contribution in [2.24, 2.45) is 5.92 Å². The summed E-state index contributed by atoms with van der Waals surface area (Å²) >= 11 is 12.6. The zero-order valence-corrected chi connectivity index (χ0v) is 23.6. The largest absolute Gasteiger partial charge is 0.507 e. The molecule has 0 spiro atoms. The van der Waals surface area contributed by atoms with Gasteiger partial charge in [-0.1, -0.05) is 23.2 Å². The summed E-state index contributed by atoms with van der Waals surface area (Å²) in [5.74, 6) is -0.561. The summed E-state index contributed by atoms with van der Waals surface area (Å²) < 4.78 is 45.6. The fourth-order valence-electron chi connectivity index (χ4n) is 5.11. The van der Waals surface area contributed by atoms with Crippen LogP contribution in [0, 0.1) is 17.2 Å². The van der Waals surface area contributed by atoms with Crippen molar-refractivity contribution in [1.29, 1.82) is 5.26 Å². The van der Waals surface area contributed by atoms with Crippen LogP contribution in [0.2, 0.25) is 10.0 Å². The molecule has 1 heterocycles. The predicted molar refractivity (Wildman–Crippen MR) is 149 cm³/mol. The number of H-pyrrole nitrogens is 1. The van der Waals surface area contributed by atoms with Gasteiger partial charge in [0, 0.05) is 58.9 Å². The number of nitrogens with zero attached hydrogens (tertiary/aromatic N) is 2. The molecule has 0 aliphatic heterocycles. The highest BCUT2D eigenvalue weighted by Crippen LogP contribution is 2.40. The van der Waals surface area contributed by atoms with Crippen LogP contribution in [-0.2, 0) is 22.3 Å². The van der Waals surface area contributed by atoms with Gasteiger partial charge in [0.15, 0.2) is 0 Å². The van der Waals surface area contributed by atoms with Crippen LogP contribution in [0.4, 0.5) is 13.2 Å². The summed E-state index contributed by atoms with van der Waals surface area (Å²) in [5, 5.41) is 20.9. The number of amides is 1. The normalized spacial score (nSPS) is 17.2. The van der Waals surface area contributed by atoms with Crippen molar-refractivity contribution in [3.05, 3.63) is 73.5 Å². The Bertz CT molecular complexity index is 1580. The van der Waals surface area contributed by atoms with E-state index in [-0.39, 0.29) is 68.2 Å². The number of nitriles is 1. The molecule has 41 heavy (non-hydrogen) atoms. The Kier molecular flexibility index (Phi) is 9.02. The number of alkyl halides is 3. The molecule has 1 aliphatic rings. The first-order chi connectivity index (χ1) is 19.3. The van der Waals surface area contributed by atoms with E-state index in [1.807, 2.05) is 0 Å². The monoisotopic (exact) mass is 607 g/mol. The van der Waals surface area contributed by atoms with Crippen molar-refractivity contribution in [2.75, 3.05) is 14.2 Å². The lowest BCUT2D eigenvalue weighted by Crippen LogP contribution is -2.35. The topological polar surface area (TPSA) is 106 Å². The Morgan fingerprint density at radius 3 is 2.41 bits per heavy atom. The molecule has 0 radical (unpaired) electrons. The number of halogens is 5. The molecule has 4 rings (SSSR count). The first kappa shape index (κ1) is 30.4. The van der Waals surface area contributed by atoms with Gasteiger partial charge in [-0.15, -0.1) is 0 Å². The van der Waals surface area contributed by atoms with Gasteiger partial charge in [0.25, 0.3) is 5.56 Å². The average molecular weight is 608 g/mol. The molecule has 216 valence electrons. The lowest BCUT2D eigenvalue weighted by molar-refractivity contribution is -0.138. The quantitative estimate of drug-likeness (QED) is 0.321. The van der Waals surface area contributed by atoms with Crippen molar-refractivity contribution in [2.45, 2.75) is 44.5 Å². The Hall–Kier alpha value is -3.52. The average Bonchev–Trinajstić information content (AvgIpc) is 2.93. The fraction of sp³-hybridized carbons (Fsp3) is 0.345. The second kappa shape index (κ2) is 12.1. The maximum Gasteiger partial charge on any atom is 0.416 e. The molecule has 2 N–H and O–H groups in total. The van der Waals surface area contributed by atoms with Crippen molar-refractivity contribution in [3.63, 3.8) is 0 Å². The van der Waals surface area contributed by atoms with Crippen LogP contribution in [0.15, 0.2) is 41.2 Å². The lowest BCUT2D eigenvalue weighted by atomic mass is 9.86. The van der Waals surface area contributed by atoms with Crippen LogP contribution < -0.4 is 5.56 Å². The van der Waals surface area contributed by atoms with E-state index in [2.05, 4.69) is 4.98 Å². The first-order valence-corrected chi connectivity index (χ1v) is 13.4. The second-order valence-corrected chi connectivity index (χ2v) is 10.8. The van der Waals surface area contributed by atoms with Crippen molar-refractivity contribution in [1.82, 2.24) is 9.88 Å². The number of aromatic amines is 1. The Morgan fingerprint density at radius 1 is 1.12 bits per heavy atom. The zero-order valence-electron chi connectivity index (χ0n) is 22.1. The number of rotatable bonds is 6. The summed E-state index contributed by atoms with van der Waals surface area (Å²) in [6.07, 6.45) is -1.64. The number of aromatic nitrogens is 1. The van der Waals surface area contributed by atoms with E-state index in [0.29, 0.717) is 12.8 Å². The summed E-state index contributed by atoms with van der Waals surface area (Å²) in [4.78, 5) is 30.0. The highest BCUT2D eigenvalue weighted by atomic mass is 35.5. The number of aromatic hydroxyl groups is 1. The van der Waals surface area contributed by atoms with E-state index in [1.54, 1.807) is 20.2 Å². The predicted octanol–water partition coefficient (Wildman–Crippen LogP) is 6.78. The third-order valence-corrected chi connectivity index (χ3v) is 7.86. The van der Waals surface area contributed by atoms with Gasteiger partial charge in [-0.25, -0.2) is 0 Å². The summed E-state index contributed by atoms with van der Waals surface area (Å²) in [6, 6.07) is 8.41. The number of phenolic OH excluding ortho intramolecular Hbond substituents is 1. The fourth-order valence-corrected chi connectivity index (χ4v) is 5.57. The second-order valence-electron chi connectivity index (χ2n) is 9.97. The number of phenols is 1. The smallest absolute Gasteiger partial charge is 0.416 e. The molecule has 0 saturated heterocycles. The van der Waals surface area contributed by atoms with Gasteiger partial charge in [-0.05, 0) is 62.1 Å². The molecule has 0 unspecified atom stereocenters. The number of carbonyl (C=O) groups excluding carboxylic acids is 1. The van der Waals surface area contributed by atoms with E-state index in [1.165, 1.54) is 23.1 Å². The number of hydrogen-bond acceptors (Lipinski definition) is 5. The number of hydrogen-bond donors (Lipinski definition) is 2. The van der Waals surface area contributed by atoms with Crippen LogP contribution in [0.1, 0.15) is 42.4 Å². The maximum atomic E-state index is 13.4. The Balaban J connectivity index is 1.73. The Morgan fingerprint density at radius 2 is 1.80 bits per heavy atom. The molecule has 7 nitrogen and oxygen atoms in total. The summed E-state index contributed by atoms with van der Waals surface area (Å²) in [6.45, 7) is 0.00918. The molecular formula is C29H26Cl2F3N3O4. The zero-order chi connectivity index (χ0) is 30.1. The molecule has 3 aromatic rings. The van der Waals surface area contributed by atoms with Crippen molar-refractivity contribution in [3.8, 4) is 34.2 Å². The van der Waals surface area contributed by atoms with Crippen LogP contribution in [0.3, 0.4) is 0 Å². The molecule has 2 aromatic carbocycles. The minimum absolute atomic E-state index is 0.00871. The summed E-state index contributed by atoms with van der Waals surface area (Å²) in [7, 11) is 3.26. The number of benzene rings is 2. The number of ether oxygens (including phenoxy) is 1. The van der Waals surface area contributed by atoms with E-state index in [4.69, 9.17) is 27.9 Å². The molecule has 1 fully saturated rings. The van der Waals surface area contributed by atoms with Gasteiger partial charge in [0.1, 0.15) is 17.4 Å². The van der Waals surface area contributed by atoms with Gasteiger partial charge in [-0.3, -0.25) is 9.59 Å². The number of methoxy groups -OCH3 is 1. The van der Waals surface area contributed by atoms with Crippen LogP contribution in [0.25, 0.3) is 22.4 Å². The third-order valence-electron chi connectivity index (χ3n) is 7.31. The highest BCUT2D eigenvalue weighted by molar-refractivity contribution is 6.33. The molecule has 1 amide bonds. The molecule has 12 heteroatoms. The maximum absolute atomic E-state index is 13.4. The van der Waals surface area contributed by atoms with Gasteiger partial charge >= 0.3 is 6.18 Å². The van der Waals surface area contributed by atoms with Crippen LogP contribution in [-0.4, -0.2) is 41.2 Å². The van der Waals surface area contributed by atoms with Crippen LogP contribution >= 0.6 is 23.2 Å². The van der Waals surface area contributed by atoms with Crippen molar-refractivity contribution >= 4 is 29.1 Å².